The topological polar surface area (TPSA) is 67.8 Å². The number of hydrogen-bond acceptors (Lipinski definition) is 4. The van der Waals surface area contributed by atoms with Crippen molar-refractivity contribution in [2.24, 2.45) is 10.9 Å². The van der Waals surface area contributed by atoms with Crippen molar-refractivity contribution >= 4 is 5.96 Å². The number of imidazole rings is 1. The monoisotopic (exact) mass is 387 g/mol. The van der Waals surface area contributed by atoms with Gasteiger partial charge in [-0.3, -0.25) is 4.99 Å². The predicted molar refractivity (Wildman–Crippen MR) is 110 cm³/mol. The Balaban J connectivity index is 1.61. The molecule has 0 saturated carbocycles. The van der Waals surface area contributed by atoms with Crippen LogP contribution < -0.4 is 5.32 Å². The molecule has 28 heavy (non-hydrogen) atoms. The number of ether oxygens (including phenoxy) is 1. The summed E-state index contributed by atoms with van der Waals surface area (Å²) in [5.41, 5.74) is 0. The van der Waals surface area contributed by atoms with Gasteiger partial charge in [0.15, 0.2) is 5.96 Å². The van der Waals surface area contributed by atoms with Crippen molar-refractivity contribution in [2.45, 2.75) is 39.2 Å². The standard InChI is InChI=1S/C21H33N5O2/c1-3-27-14-5-9-23-21(24-10-7-19-6-4-15-28-19)25-12-8-18(2)20(16-25)26-13-11-22-17-26/h4,6,11,13,15,17-18,20H,3,5,7-10,12,14,16H2,1-2H3,(H,23,24). The van der Waals surface area contributed by atoms with Crippen LogP contribution in [0.2, 0.25) is 0 Å². The largest absolute Gasteiger partial charge is 0.469 e. The van der Waals surface area contributed by atoms with E-state index in [0.717, 1.165) is 70.4 Å². The fourth-order valence-corrected chi connectivity index (χ4v) is 3.61. The van der Waals surface area contributed by atoms with Crippen molar-refractivity contribution in [1.29, 1.82) is 0 Å². The Kier molecular flexibility index (Phi) is 7.96. The lowest BCUT2D eigenvalue weighted by atomic mass is 9.93. The average molecular weight is 388 g/mol. The molecule has 1 N–H and O–H groups in total. The quantitative estimate of drug-likeness (QED) is 0.407. The van der Waals surface area contributed by atoms with Crippen molar-refractivity contribution in [3.63, 3.8) is 0 Å². The lowest BCUT2D eigenvalue weighted by Gasteiger charge is -2.39. The van der Waals surface area contributed by atoms with Gasteiger partial charge >= 0.3 is 0 Å². The van der Waals surface area contributed by atoms with E-state index in [4.69, 9.17) is 14.1 Å². The molecule has 1 fully saturated rings. The summed E-state index contributed by atoms with van der Waals surface area (Å²) < 4.78 is 13.1. The van der Waals surface area contributed by atoms with E-state index in [9.17, 15) is 0 Å². The molecule has 7 heteroatoms. The zero-order valence-corrected chi connectivity index (χ0v) is 17.1. The molecule has 0 bridgehead atoms. The Labute approximate surface area is 167 Å². The molecule has 0 spiro atoms. The molecule has 0 aromatic carbocycles. The fourth-order valence-electron chi connectivity index (χ4n) is 3.61. The molecule has 2 atom stereocenters. The van der Waals surface area contributed by atoms with Gasteiger partial charge < -0.3 is 23.9 Å². The first-order valence-electron chi connectivity index (χ1n) is 10.4. The summed E-state index contributed by atoms with van der Waals surface area (Å²) >= 11 is 0. The number of nitrogens with zero attached hydrogens (tertiary/aromatic N) is 4. The maximum absolute atomic E-state index is 5.45. The maximum Gasteiger partial charge on any atom is 0.194 e. The van der Waals surface area contributed by atoms with Gasteiger partial charge in [0, 0.05) is 58.2 Å². The lowest BCUT2D eigenvalue weighted by molar-refractivity contribution is 0.146. The highest BCUT2D eigenvalue weighted by Crippen LogP contribution is 2.27. The summed E-state index contributed by atoms with van der Waals surface area (Å²) in [5, 5.41) is 3.55. The Hall–Kier alpha value is -2.28. The SMILES string of the molecule is CCOCCCN=C(NCCc1ccco1)N1CCC(C)C(n2ccnc2)C1. The van der Waals surface area contributed by atoms with Gasteiger partial charge in [-0.05, 0) is 37.8 Å². The van der Waals surface area contributed by atoms with Gasteiger partial charge in [-0.25, -0.2) is 4.98 Å². The number of piperidine rings is 1. The smallest absolute Gasteiger partial charge is 0.194 e. The summed E-state index contributed by atoms with van der Waals surface area (Å²) in [4.78, 5) is 11.5. The highest BCUT2D eigenvalue weighted by molar-refractivity contribution is 5.80. The van der Waals surface area contributed by atoms with E-state index in [1.165, 1.54) is 0 Å². The van der Waals surface area contributed by atoms with Crippen molar-refractivity contribution in [3.05, 3.63) is 42.9 Å². The molecule has 154 valence electrons. The summed E-state index contributed by atoms with van der Waals surface area (Å²) in [6.45, 7) is 9.40. The second-order valence-electron chi connectivity index (χ2n) is 7.30. The van der Waals surface area contributed by atoms with Crippen LogP contribution in [0.25, 0.3) is 0 Å². The molecule has 0 radical (unpaired) electrons. The van der Waals surface area contributed by atoms with Crippen LogP contribution in [0.5, 0.6) is 0 Å². The van der Waals surface area contributed by atoms with E-state index in [0.29, 0.717) is 12.0 Å². The van der Waals surface area contributed by atoms with Gasteiger partial charge in [-0.1, -0.05) is 6.92 Å². The molecule has 0 amide bonds. The van der Waals surface area contributed by atoms with Crippen LogP contribution in [0.4, 0.5) is 0 Å². The number of rotatable bonds is 9. The molecule has 2 unspecified atom stereocenters. The van der Waals surface area contributed by atoms with E-state index in [-0.39, 0.29) is 0 Å². The van der Waals surface area contributed by atoms with E-state index in [1.54, 1.807) is 6.26 Å². The van der Waals surface area contributed by atoms with Crippen LogP contribution in [0.1, 0.15) is 38.5 Å². The molecule has 3 heterocycles. The van der Waals surface area contributed by atoms with E-state index >= 15 is 0 Å². The number of nitrogens with one attached hydrogen (secondary N) is 1. The van der Waals surface area contributed by atoms with Gasteiger partial charge in [0.2, 0.25) is 0 Å². The highest BCUT2D eigenvalue weighted by atomic mass is 16.5. The van der Waals surface area contributed by atoms with Crippen LogP contribution in [0, 0.1) is 5.92 Å². The van der Waals surface area contributed by atoms with Crippen LogP contribution in [0.15, 0.2) is 46.5 Å². The first kappa shape index (κ1) is 20.5. The van der Waals surface area contributed by atoms with E-state index in [2.05, 4.69) is 32.9 Å². The zero-order chi connectivity index (χ0) is 19.6. The normalized spacial score (nSPS) is 20.5. The van der Waals surface area contributed by atoms with Gasteiger partial charge in [-0.15, -0.1) is 0 Å². The van der Waals surface area contributed by atoms with Crippen LogP contribution in [0.3, 0.4) is 0 Å². The second-order valence-corrected chi connectivity index (χ2v) is 7.30. The predicted octanol–water partition coefficient (Wildman–Crippen LogP) is 2.97. The first-order valence-corrected chi connectivity index (χ1v) is 10.4. The average Bonchev–Trinajstić information content (AvgIpc) is 3.41. The molecule has 1 aliphatic rings. The number of aromatic nitrogens is 2. The molecule has 1 aliphatic heterocycles. The van der Waals surface area contributed by atoms with E-state index < -0.39 is 0 Å². The molecule has 2 aromatic heterocycles. The number of hydrogen-bond donors (Lipinski definition) is 1. The molecular weight excluding hydrogens is 354 g/mol. The minimum atomic E-state index is 0.414. The van der Waals surface area contributed by atoms with Crippen molar-refractivity contribution < 1.29 is 9.15 Å². The Bertz CT molecular complexity index is 684. The minimum Gasteiger partial charge on any atom is -0.469 e. The molecular formula is C21H33N5O2. The molecule has 0 aliphatic carbocycles. The summed E-state index contributed by atoms with van der Waals surface area (Å²) in [6.07, 6.45) is 10.5. The highest BCUT2D eigenvalue weighted by Gasteiger charge is 2.28. The summed E-state index contributed by atoms with van der Waals surface area (Å²) in [6, 6.07) is 4.36. The van der Waals surface area contributed by atoms with Gasteiger partial charge in [0.05, 0.1) is 18.6 Å². The fraction of sp³-hybridized carbons (Fsp3) is 0.619. The second kappa shape index (κ2) is 10.9. The third kappa shape index (κ3) is 5.86. The molecule has 2 aromatic rings. The molecule has 1 saturated heterocycles. The molecule has 7 nitrogen and oxygen atoms in total. The van der Waals surface area contributed by atoms with Crippen molar-refractivity contribution in [3.8, 4) is 0 Å². The maximum atomic E-state index is 5.45. The third-order valence-corrected chi connectivity index (χ3v) is 5.27. The number of guanidine groups is 1. The Morgan fingerprint density at radius 2 is 2.39 bits per heavy atom. The van der Waals surface area contributed by atoms with E-state index in [1.807, 2.05) is 31.6 Å². The van der Waals surface area contributed by atoms with Crippen molar-refractivity contribution in [2.75, 3.05) is 39.4 Å². The summed E-state index contributed by atoms with van der Waals surface area (Å²) in [7, 11) is 0. The van der Waals surface area contributed by atoms with Crippen LogP contribution in [-0.4, -0.2) is 59.8 Å². The number of likely N-dealkylation sites (tertiary alicyclic amines) is 1. The van der Waals surface area contributed by atoms with Gasteiger partial charge in [-0.2, -0.15) is 0 Å². The van der Waals surface area contributed by atoms with Gasteiger partial charge in [0.25, 0.3) is 0 Å². The van der Waals surface area contributed by atoms with Crippen molar-refractivity contribution in [1.82, 2.24) is 19.8 Å². The van der Waals surface area contributed by atoms with Gasteiger partial charge in [0.1, 0.15) is 5.76 Å². The summed E-state index contributed by atoms with van der Waals surface area (Å²) in [5.74, 6) is 2.60. The van der Waals surface area contributed by atoms with Crippen LogP contribution in [-0.2, 0) is 11.2 Å². The first-order chi connectivity index (χ1) is 13.8. The minimum absolute atomic E-state index is 0.414. The zero-order valence-electron chi connectivity index (χ0n) is 17.1. The van der Waals surface area contributed by atoms with Crippen LogP contribution >= 0.6 is 0 Å². The molecule has 3 rings (SSSR count). The number of furan rings is 1. The number of aliphatic imine (C=N–C) groups is 1. The Morgan fingerprint density at radius 1 is 1.46 bits per heavy atom. The lowest BCUT2D eigenvalue weighted by Crippen LogP contribution is -2.49. The third-order valence-electron chi connectivity index (χ3n) is 5.27. The Morgan fingerprint density at radius 3 is 3.14 bits per heavy atom.